The lowest BCUT2D eigenvalue weighted by Crippen LogP contribution is -2.57. The zero-order valence-corrected chi connectivity index (χ0v) is 24.2. The highest BCUT2D eigenvalue weighted by Gasteiger charge is 2.60. The Kier molecular flexibility index (Phi) is 5.36. The van der Waals surface area contributed by atoms with Crippen molar-refractivity contribution in [2.45, 2.75) is 90.3 Å². The molecule has 4 unspecified atom stereocenters. The van der Waals surface area contributed by atoms with Crippen LogP contribution >= 0.6 is 0 Å². The zero-order valence-electron chi connectivity index (χ0n) is 24.2. The third-order valence-electron chi connectivity index (χ3n) is 10.5. The van der Waals surface area contributed by atoms with E-state index < -0.39 is 0 Å². The third kappa shape index (κ3) is 3.48. The van der Waals surface area contributed by atoms with Crippen molar-refractivity contribution in [3.8, 4) is 17.3 Å². The molecule has 39 heavy (non-hydrogen) atoms. The van der Waals surface area contributed by atoms with E-state index in [9.17, 15) is 5.26 Å². The normalized spacial score (nSPS) is 27.5. The molecule has 4 aromatic rings. The predicted molar refractivity (Wildman–Crippen MR) is 156 cm³/mol. The number of aryl methyl sites for hydroxylation is 2. The van der Waals surface area contributed by atoms with E-state index in [-0.39, 0.29) is 16.9 Å². The molecule has 2 aliphatic heterocycles. The second-order valence-electron chi connectivity index (χ2n) is 13.9. The lowest BCUT2D eigenvalue weighted by Gasteiger charge is -2.52. The van der Waals surface area contributed by atoms with Crippen LogP contribution in [0, 0.1) is 29.6 Å². The standard InChI is InChI=1S/C35H40N3O/c1-21-13-15-24-25-16-14-23(19-36)30(32(25)39-31(24)29(21)28-11-7-8-17-37(28)6)26-18-22-10-9-12-27(22)38-33(26)34(2,3)20-35(38,4)5/h7-8,11,13-17,22,26-27,33H,9-10,12,18,20H2,1-6H3/q+1. The van der Waals surface area contributed by atoms with Crippen molar-refractivity contribution in [1.82, 2.24) is 4.90 Å². The van der Waals surface area contributed by atoms with Crippen LogP contribution in [0.3, 0.4) is 0 Å². The molecule has 0 amide bonds. The maximum absolute atomic E-state index is 10.4. The van der Waals surface area contributed by atoms with Gasteiger partial charge in [-0.25, -0.2) is 4.57 Å². The molecule has 0 spiro atoms. The minimum absolute atomic E-state index is 0.154. The molecule has 0 radical (unpaired) electrons. The maximum atomic E-state index is 10.4. The van der Waals surface area contributed by atoms with Crippen molar-refractivity contribution in [3.63, 3.8) is 0 Å². The predicted octanol–water partition coefficient (Wildman–Crippen LogP) is 7.79. The molecule has 0 N–H and O–H groups in total. The minimum atomic E-state index is 0.154. The van der Waals surface area contributed by atoms with Crippen molar-refractivity contribution >= 4 is 21.9 Å². The van der Waals surface area contributed by atoms with Gasteiger partial charge in [0, 0.05) is 52.0 Å². The Hall–Kier alpha value is -3.16. The van der Waals surface area contributed by atoms with E-state index in [1.54, 1.807) is 0 Å². The van der Waals surface area contributed by atoms with Crippen LogP contribution in [-0.4, -0.2) is 22.5 Å². The van der Waals surface area contributed by atoms with Gasteiger partial charge in [-0.3, -0.25) is 4.90 Å². The maximum Gasteiger partial charge on any atom is 0.216 e. The number of fused-ring (bicyclic) bond motifs is 6. The van der Waals surface area contributed by atoms with Crippen LogP contribution < -0.4 is 4.57 Å². The van der Waals surface area contributed by atoms with Crippen LogP contribution in [0.5, 0.6) is 0 Å². The van der Waals surface area contributed by atoms with Gasteiger partial charge in [-0.2, -0.15) is 5.26 Å². The van der Waals surface area contributed by atoms with Gasteiger partial charge in [0.15, 0.2) is 6.20 Å². The van der Waals surface area contributed by atoms with Crippen molar-refractivity contribution < 1.29 is 8.98 Å². The number of benzene rings is 2. The molecule has 4 nitrogen and oxygen atoms in total. The molecular formula is C35H40N3O+. The second kappa shape index (κ2) is 8.42. The lowest BCUT2D eigenvalue weighted by molar-refractivity contribution is -0.660. The number of hydrogen-bond acceptors (Lipinski definition) is 3. The van der Waals surface area contributed by atoms with Crippen molar-refractivity contribution in [2.24, 2.45) is 18.4 Å². The Balaban J connectivity index is 1.51. The number of nitriles is 1. The van der Waals surface area contributed by atoms with Gasteiger partial charge in [0.2, 0.25) is 5.69 Å². The first-order valence-corrected chi connectivity index (χ1v) is 14.7. The topological polar surface area (TPSA) is 44.1 Å². The van der Waals surface area contributed by atoms with E-state index in [4.69, 9.17) is 4.42 Å². The summed E-state index contributed by atoms with van der Waals surface area (Å²) in [5.74, 6) is 0.962. The molecule has 3 aliphatic rings. The fraction of sp³-hybridized carbons (Fsp3) is 0.486. The molecule has 3 fully saturated rings. The first kappa shape index (κ1) is 24.9. The van der Waals surface area contributed by atoms with Crippen LogP contribution in [0.1, 0.15) is 82.4 Å². The molecule has 4 atom stereocenters. The van der Waals surface area contributed by atoms with Crippen LogP contribution in [0.2, 0.25) is 0 Å². The molecule has 1 saturated carbocycles. The Labute approximate surface area is 232 Å². The van der Waals surface area contributed by atoms with Gasteiger partial charge in [0.05, 0.1) is 17.2 Å². The smallest absolute Gasteiger partial charge is 0.216 e. The van der Waals surface area contributed by atoms with Gasteiger partial charge in [-0.15, -0.1) is 0 Å². The van der Waals surface area contributed by atoms with Crippen LogP contribution in [0.25, 0.3) is 33.2 Å². The third-order valence-corrected chi connectivity index (χ3v) is 10.5. The minimum Gasteiger partial charge on any atom is -0.455 e. The summed E-state index contributed by atoms with van der Waals surface area (Å²) in [5, 5.41) is 12.7. The van der Waals surface area contributed by atoms with Gasteiger partial charge in [0.25, 0.3) is 0 Å². The van der Waals surface area contributed by atoms with Gasteiger partial charge >= 0.3 is 0 Å². The largest absolute Gasteiger partial charge is 0.455 e. The van der Waals surface area contributed by atoms with Crippen molar-refractivity contribution in [2.75, 3.05) is 0 Å². The number of nitrogens with zero attached hydrogens (tertiary/aromatic N) is 3. The Morgan fingerprint density at radius 2 is 1.77 bits per heavy atom. The molecule has 2 aromatic heterocycles. The average molecular weight is 519 g/mol. The molecule has 4 heteroatoms. The van der Waals surface area contributed by atoms with Gasteiger partial charge in [-0.05, 0) is 81.5 Å². The molecule has 0 bridgehead atoms. The fourth-order valence-electron chi connectivity index (χ4n) is 9.44. The van der Waals surface area contributed by atoms with E-state index in [2.05, 4.69) is 106 Å². The van der Waals surface area contributed by atoms with E-state index in [1.807, 2.05) is 0 Å². The first-order valence-electron chi connectivity index (χ1n) is 14.7. The molecule has 7 rings (SSSR count). The van der Waals surface area contributed by atoms with Crippen LogP contribution in [0.4, 0.5) is 0 Å². The van der Waals surface area contributed by atoms with Crippen molar-refractivity contribution in [1.29, 1.82) is 5.26 Å². The van der Waals surface area contributed by atoms with E-state index in [0.717, 1.165) is 50.7 Å². The Morgan fingerprint density at radius 1 is 1.00 bits per heavy atom. The van der Waals surface area contributed by atoms with Gasteiger partial charge in [0.1, 0.15) is 18.2 Å². The highest BCUT2D eigenvalue weighted by Crippen LogP contribution is 2.60. The summed E-state index contributed by atoms with van der Waals surface area (Å²) in [6, 6.07) is 18.6. The summed E-state index contributed by atoms with van der Waals surface area (Å²) in [7, 11) is 2.09. The lowest BCUT2D eigenvalue weighted by atomic mass is 9.68. The van der Waals surface area contributed by atoms with E-state index in [0.29, 0.717) is 18.0 Å². The molecule has 2 saturated heterocycles. The summed E-state index contributed by atoms with van der Waals surface area (Å²) in [4.78, 5) is 2.90. The molecule has 200 valence electrons. The summed E-state index contributed by atoms with van der Waals surface area (Å²) < 4.78 is 9.16. The molecular weight excluding hydrogens is 478 g/mol. The number of piperidine rings is 1. The molecule has 4 heterocycles. The number of furan rings is 1. The summed E-state index contributed by atoms with van der Waals surface area (Å²) in [5.41, 5.74) is 7.57. The van der Waals surface area contributed by atoms with Gasteiger partial charge in [-0.1, -0.05) is 32.4 Å². The number of hydrogen-bond donors (Lipinski definition) is 0. The average Bonchev–Trinajstić information content (AvgIpc) is 3.55. The number of pyridine rings is 1. The molecule has 2 aromatic carbocycles. The number of aromatic nitrogens is 1. The highest BCUT2D eigenvalue weighted by molar-refractivity contribution is 6.11. The Morgan fingerprint density at radius 3 is 2.54 bits per heavy atom. The molecule has 1 aliphatic carbocycles. The van der Waals surface area contributed by atoms with Gasteiger partial charge < -0.3 is 4.42 Å². The monoisotopic (exact) mass is 518 g/mol. The SMILES string of the molecule is Cc1ccc2c(oc3c(C4CC5CCCC5N5C4C(C)(C)CC5(C)C)c(C#N)ccc32)c1-c1cccc[n+]1C. The second-order valence-corrected chi connectivity index (χ2v) is 13.9. The summed E-state index contributed by atoms with van der Waals surface area (Å²) >= 11 is 0. The first-order chi connectivity index (χ1) is 18.6. The highest BCUT2D eigenvalue weighted by atomic mass is 16.3. The number of rotatable bonds is 2. The summed E-state index contributed by atoms with van der Waals surface area (Å²) in [6.45, 7) is 12.0. The van der Waals surface area contributed by atoms with Crippen molar-refractivity contribution in [3.05, 3.63) is 65.4 Å². The zero-order chi connectivity index (χ0) is 27.3. The van der Waals surface area contributed by atoms with E-state index >= 15 is 0 Å². The van der Waals surface area contributed by atoms with Crippen LogP contribution in [-0.2, 0) is 7.05 Å². The summed E-state index contributed by atoms with van der Waals surface area (Å²) in [6.07, 6.45) is 8.34. The quantitative estimate of drug-likeness (QED) is 0.254. The Bertz CT molecular complexity index is 1670. The van der Waals surface area contributed by atoms with Crippen LogP contribution in [0.15, 0.2) is 53.1 Å². The fourth-order valence-corrected chi connectivity index (χ4v) is 9.44. The van der Waals surface area contributed by atoms with E-state index in [1.165, 1.54) is 31.2 Å².